The molecular formula is C17H23N7O. The van der Waals surface area contributed by atoms with E-state index in [9.17, 15) is 4.79 Å². The Morgan fingerprint density at radius 2 is 2.04 bits per heavy atom. The second-order valence-corrected chi connectivity index (χ2v) is 7.11. The van der Waals surface area contributed by atoms with Gasteiger partial charge in [-0.2, -0.15) is 9.78 Å². The molecule has 1 saturated heterocycles. The molecule has 4 rings (SSSR count). The first kappa shape index (κ1) is 16.2. The van der Waals surface area contributed by atoms with Crippen LogP contribution >= 0.6 is 0 Å². The van der Waals surface area contributed by atoms with Gasteiger partial charge in [-0.3, -0.25) is 10.2 Å². The van der Waals surface area contributed by atoms with Gasteiger partial charge in [0.25, 0.3) is 5.95 Å². The van der Waals surface area contributed by atoms with E-state index in [0.717, 1.165) is 25.0 Å². The van der Waals surface area contributed by atoms with Crippen molar-refractivity contribution in [3.63, 3.8) is 0 Å². The quantitative estimate of drug-likeness (QED) is 0.760. The molecule has 2 fully saturated rings. The largest absolute Gasteiger partial charge is 0.309 e. The summed E-state index contributed by atoms with van der Waals surface area (Å²) in [4.78, 5) is 21.2. The van der Waals surface area contributed by atoms with Crippen LogP contribution in [0.4, 0.5) is 5.82 Å². The molecule has 2 atom stereocenters. The van der Waals surface area contributed by atoms with Crippen LogP contribution in [0.25, 0.3) is 5.95 Å². The predicted molar refractivity (Wildman–Crippen MR) is 93.1 cm³/mol. The fourth-order valence-corrected chi connectivity index (χ4v) is 3.02. The Labute approximate surface area is 146 Å². The van der Waals surface area contributed by atoms with Gasteiger partial charge in [0.15, 0.2) is 0 Å². The minimum Gasteiger partial charge on any atom is -0.309 e. The molecule has 132 valence electrons. The molecule has 0 spiro atoms. The van der Waals surface area contributed by atoms with Gasteiger partial charge in [0.1, 0.15) is 11.9 Å². The van der Waals surface area contributed by atoms with E-state index in [2.05, 4.69) is 45.1 Å². The zero-order valence-electron chi connectivity index (χ0n) is 14.4. The Balaban J connectivity index is 1.54. The van der Waals surface area contributed by atoms with Crippen molar-refractivity contribution < 1.29 is 4.79 Å². The minimum absolute atomic E-state index is 0.0740. The summed E-state index contributed by atoms with van der Waals surface area (Å²) in [6.07, 6.45) is 6.38. The zero-order valence-corrected chi connectivity index (χ0v) is 14.4. The van der Waals surface area contributed by atoms with Crippen molar-refractivity contribution in [3.8, 4) is 5.95 Å². The number of carbonyl (C=O) groups is 1. The second-order valence-electron chi connectivity index (χ2n) is 7.11. The van der Waals surface area contributed by atoms with Gasteiger partial charge in [0.05, 0.1) is 5.69 Å². The van der Waals surface area contributed by atoms with Crippen LogP contribution in [0.15, 0.2) is 24.5 Å². The van der Waals surface area contributed by atoms with Crippen molar-refractivity contribution in [3.05, 3.63) is 30.2 Å². The van der Waals surface area contributed by atoms with Crippen LogP contribution in [-0.2, 0) is 4.79 Å². The highest BCUT2D eigenvalue weighted by Crippen LogP contribution is 2.40. The van der Waals surface area contributed by atoms with Gasteiger partial charge in [0, 0.05) is 30.4 Å². The van der Waals surface area contributed by atoms with Crippen LogP contribution in [0, 0.1) is 5.92 Å². The summed E-state index contributed by atoms with van der Waals surface area (Å²) in [5.74, 6) is 1.96. The normalized spacial score (nSPS) is 23.2. The number of hydrazine groups is 1. The number of nitrogens with zero attached hydrogens (tertiary/aromatic N) is 4. The van der Waals surface area contributed by atoms with Crippen LogP contribution in [0.5, 0.6) is 0 Å². The van der Waals surface area contributed by atoms with Crippen molar-refractivity contribution in [2.24, 2.45) is 5.92 Å². The maximum Gasteiger partial charge on any atom is 0.252 e. The molecule has 2 aromatic heterocycles. The highest BCUT2D eigenvalue weighted by Gasteiger charge is 2.32. The van der Waals surface area contributed by atoms with Crippen molar-refractivity contribution in [2.45, 2.75) is 51.1 Å². The van der Waals surface area contributed by atoms with Crippen LogP contribution in [0.1, 0.15) is 44.7 Å². The molecule has 8 heteroatoms. The van der Waals surface area contributed by atoms with Crippen LogP contribution in [-0.4, -0.2) is 37.7 Å². The Morgan fingerprint density at radius 1 is 1.28 bits per heavy atom. The van der Waals surface area contributed by atoms with E-state index in [1.54, 1.807) is 23.1 Å². The molecule has 1 aliphatic heterocycles. The number of hydrogen-bond acceptors (Lipinski definition) is 6. The summed E-state index contributed by atoms with van der Waals surface area (Å²) in [5.41, 5.74) is 7.27. The number of carbonyl (C=O) groups excluding carboxylic acids is 1. The van der Waals surface area contributed by atoms with E-state index in [1.165, 1.54) is 0 Å². The van der Waals surface area contributed by atoms with E-state index >= 15 is 0 Å². The average molecular weight is 341 g/mol. The van der Waals surface area contributed by atoms with Gasteiger partial charge in [-0.05, 0) is 31.2 Å². The number of rotatable bonds is 5. The van der Waals surface area contributed by atoms with Gasteiger partial charge < -0.3 is 5.32 Å². The molecule has 0 bridgehead atoms. The van der Waals surface area contributed by atoms with Gasteiger partial charge in [-0.15, -0.1) is 0 Å². The second kappa shape index (κ2) is 6.53. The summed E-state index contributed by atoms with van der Waals surface area (Å²) < 4.78 is 1.62. The lowest BCUT2D eigenvalue weighted by molar-refractivity contribution is -0.117. The summed E-state index contributed by atoms with van der Waals surface area (Å²) in [7, 11) is 0. The molecule has 3 heterocycles. The van der Waals surface area contributed by atoms with Crippen molar-refractivity contribution in [1.29, 1.82) is 0 Å². The Hall–Kier alpha value is -2.32. The number of anilines is 1. The predicted octanol–water partition coefficient (Wildman–Crippen LogP) is 1.37. The summed E-state index contributed by atoms with van der Waals surface area (Å²) in [6, 6.07) is 3.72. The molecule has 1 amide bonds. The monoisotopic (exact) mass is 341 g/mol. The Kier molecular flexibility index (Phi) is 4.22. The van der Waals surface area contributed by atoms with Crippen LogP contribution in [0.2, 0.25) is 0 Å². The summed E-state index contributed by atoms with van der Waals surface area (Å²) in [6.45, 7) is 4.28. The maximum atomic E-state index is 12.7. The first-order valence-electron chi connectivity index (χ1n) is 8.81. The first-order valence-corrected chi connectivity index (χ1v) is 8.81. The molecule has 8 nitrogen and oxygen atoms in total. The molecule has 2 aliphatic rings. The smallest absolute Gasteiger partial charge is 0.252 e. The van der Waals surface area contributed by atoms with Crippen molar-refractivity contribution in [1.82, 2.24) is 30.6 Å². The van der Waals surface area contributed by atoms with E-state index in [0.29, 0.717) is 29.6 Å². The molecule has 1 saturated carbocycles. The first-order chi connectivity index (χ1) is 12.1. The van der Waals surface area contributed by atoms with E-state index in [1.807, 2.05) is 6.07 Å². The third-order valence-corrected chi connectivity index (χ3v) is 4.77. The van der Waals surface area contributed by atoms with E-state index in [4.69, 9.17) is 0 Å². The molecule has 0 aromatic carbocycles. The highest BCUT2D eigenvalue weighted by atomic mass is 16.2. The van der Waals surface area contributed by atoms with E-state index < -0.39 is 0 Å². The SMILES string of the molecule is CC(C)C1CC(C(=O)Nc2cc(C3CC3)nn2-c2ncccn2)NN1. The van der Waals surface area contributed by atoms with Crippen molar-refractivity contribution >= 4 is 11.7 Å². The summed E-state index contributed by atoms with van der Waals surface area (Å²) >= 11 is 0. The number of hydrogen-bond donors (Lipinski definition) is 3. The third-order valence-electron chi connectivity index (χ3n) is 4.77. The van der Waals surface area contributed by atoms with Gasteiger partial charge in [0.2, 0.25) is 5.91 Å². The number of nitrogens with one attached hydrogen (secondary N) is 3. The molecule has 2 aromatic rings. The standard InChI is InChI=1S/C17H23N7O/c1-10(2)12-8-14(22-21-12)16(25)20-15-9-13(11-4-5-11)23-24(15)17-18-6-3-7-19-17/h3,6-7,9-12,14,21-22H,4-5,8H2,1-2H3,(H,20,25). The lowest BCUT2D eigenvalue weighted by atomic mass is 9.99. The molecule has 1 aliphatic carbocycles. The number of amides is 1. The van der Waals surface area contributed by atoms with Gasteiger partial charge in [-0.1, -0.05) is 13.8 Å². The highest BCUT2D eigenvalue weighted by molar-refractivity contribution is 5.94. The molecule has 0 radical (unpaired) electrons. The van der Waals surface area contributed by atoms with E-state index in [-0.39, 0.29) is 11.9 Å². The lowest BCUT2D eigenvalue weighted by Crippen LogP contribution is -2.41. The fraction of sp³-hybridized carbons (Fsp3) is 0.529. The Morgan fingerprint density at radius 3 is 2.68 bits per heavy atom. The third kappa shape index (κ3) is 3.40. The van der Waals surface area contributed by atoms with Gasteiger partial charge >= 0.3 is 0 Å². The molecule has 2 unspecified atom stereocenters. The maximum absolute atomic E-state index is 12.7. The van der Waals surface area contributed by atoms with Crippen LogP contribution < -0.4 is 16.2 Å². The minimum atomic E-state index is -0.267. The lowest BCUT2D eigenvalue weighted by Gasteiger charge is -2.13. The topological polar surface area (TPSA) is 96.8 Å². The molecule has 25 heavy (non-hydrogen) atoms. The van der Waals surface area contributed by atoms with Crippen LogP contribution in [0.3, 0.4) is 0 Å². The molecular weight excluding hydrogens is 318 g/mol. The van der Waals surface area contributed by atoms with Gasteiger partial charge in [-0.25, -0.2) is 15.4 Å². The average Bonchev–Trinajstić information content (AvgIpc) is 3.19. The fourth-order valence-electron chi connectivity index (χ4n) is 3.02. The summed E-state index contributed by atoms with van der Waals surface area (Å²) in [5, 5.41) is 7.60. The Bertz CT molecular complexity index is 754. The number of aromatic nitrogens is 4. The zero-order chi connectivity index (χ0) is 17.4. The van der Waals surface area contributed by atoms with Crippen molar-refractivity contribution in [2.75, 3.05) is 5.32 Å². The molecule has 3 N–H and O–H groups in total.